The molecule has 0 aromatic heterocycles. The third-order valence-electron chi connectivity index (χ3n) is 2.24. The van der Waals surface area contributed by atoms with Crippen LogP contribution in [0.4, 0.5) is 4.39 Å². The maximum Gasteiger partial charge on any atom is 0.123 e. The smallest absolute Gasteiger partial charge is 0.123 e. The second-order valence-electron chi connectivity index (χ2n) is 3.33. The van der Waals surface area contributed by atoms with Crippen LogP contribution < -0.4 is 5.32 Å². The number of benzene rings is 1. The zero-order valence-electron chi connectivity index (χ0n) is 8.46. The molecular weight excluding hydrogens is 177 g/mol. The van der Waals surface area contributed by atoms with Gasteiger partial charge in [0.25, 0.3) is 0 Å². The van der Waals surface area contributed by atoms with Crippen LogP contribution in [0, 0.1) is 5.82 Å². The van der Waals surface area contributed by atoms with Gasteiger partial charge >= 0.3 is 0 Å². The number of hydrogen-bond donors (Lipinski definition) is 1. The number of hydrogen-bond acceptors (Lipinski definition) is 1. The standard InChI is InChI=1S/C12H16FN/c1-3-4-11(9-14-2)10-5-7-12(13)8-6-10/h3,5-8,11,14H,1,4,9H2,2H3/t11-/m1/s1. The Balaban J connectivity index is 2.76. The van der Waals surface area contributed by atoms with Crippen molar-refractivity contribution in [1.29, 1.82) is 0 Å². The summed E-state index contributed by atoms with van der Waals surface area (Å²) in [5, 5.41) is 3.12. The van der Waals surface area contributed by atoms with E-state index in [0.717, 1.165) is 18.5 Å². The van der Waals surface area contributed by atoms with E-state index in [0.29, 0.717) is 5.92 Å². The number of halogens is 1. The van der Waals surface area contributed by atoms with Crippen molar-refractivity contribution in [1.82, 2.24) is 5.32 Å². The lowest BCUT2D eigenvalue weighted by Gasteiger charge is -2.14. The summed E-state index contributed by atoms with van der Waals surface area (Å²) >= 11 is 0. The molecule has 0 aliphatic rings. The Bertz CT molecular complexity index is 279. The number of rotatable bonds is 5. The van der Waals surface area contributed by atoms with Crippen LogP contribution in [0.1, 0.15) is 17.9 Å². The van der Waals surface area contributed by atoms with Crippen molar-refractivity contribution >= 4 is 0 Å². The molecule has 1 atom stereocenters. The van der Waals surface area contributed by atoms with Gasteiger partial charge in [0.15, 0.2) is 0 Å². The van der Waals surface area contributed by atoms with Crippen LogP contribution in [0.5, 0.6) is 0 Å². The minimum atomic E-state index is -0.185. The summed E-state index contributed by atoms with van der Waals surface area (Å²) in [6.45, 7) is 4.61. The van der Waals surface area contributed by atoms with E-state index in [9.17, 15) is 4.39 Å². The monoisotopic (exact) mass is 193 g/mol. The lowest BCUT2D eigenvalue weighted by molar-refractivity contribution is 0.616. The minimum absolute atomic E-state index is 0.185. The molecule has 0 aliphatic carbocycles. The van der Waals surface area contributed by atoms with Crippen molar-refractivity contribution in [3.05, 3.63) is 48.3 Å². The second-order valence-corrected chi connectivity index (χ2v) is 3.33. The Morgan fingerprint density at radius 3 is 2.57 bits per heavy atom. The van der Waals surface area contributed by atoms with E-state index >= 15 is 0 Å². The van der Waals surface area contributed by atoms with Gasteiger partial charge in [-0.1, -0.05) is 18.2 Å². The highest BCUT2D eigenvalue weighted by atomic mass is 19.1. The first-order chi connectivity index (χ1) is 6.77. The molecule has 0 unspecified atom stereocenters. The Kier molecular flexibility index (Phi) is 4.33. The van der Waals surface area contributed by atoms with E-state index in [2.05, 4.69) is 11.9 Å². The molecule has 1 N–H and O–H groups in total. The fourth-order valence-corrected chi connectivity index (χ4v) is 1.52. The number of nitrogens with one attached hydrogen (secondary N) is 1. The van der Waals surface area contributed by atoms with Gasteiger partial charge in [-0.05, 0) is 37.1 Å². The molecule has 0 heterocycles. The summed E-state index contributed by atoms with van der Waals surface area (Å²) in [7, 11) is 1.92. The van der Waals surface area contributed by atoms with Crippen molar-refractivity contribution in [3.63, 3.8) is 0 Å². The molecule has 0 saturated heterocycles. The van der Waals surface area contributed by atoms with Gasteiger partial charge in [0, 0.05) is 6.54 Å². The maximum absolute atomic E-state index is 12.7. The summed E-state index contributed by atoms with van der Waals surface area (Å²) < 4.78 is 12.7. The predicted molar refractivity (Wildman–Crippen MR) is 57.9 cm³/mol. The normalized spacial score (nSPS) is 12.4. The van der Waals surface area contributed by atoms with Gasteiger partial charge in [-0.15, -0.1) is 6.58 Å². The largest absolute Gasteiger partial charge is 0.319 e. The molecule has 0 fully saturated rings. The molecule has 0 radical (unpaired) electrons. The third kappa shape index (κ3) is 2.96. The first-order valence-electron chi connectivity index (χ1n) is 4.79. The summed E-state index contributed by atoms with van der Waals surface area (Å²) in [6, 6.07) is 6.67. The Morgan fingerprint density at radius 1 is 1.43 bits per heavy atom. The zero-order valence-corrected chi connectivity index (χ0v) is 8.46. The Labute approximate surface area is 84.6 Å². The highest BCUT2D eigenvalue weighted by molar-refractivity contribution is 5.21. The molecular formula is C12H16FN. The van der Waals surface area contributed by atoms with Gasteiger partial charge in [0.05, 0.1) is 0 Å². The molecule has 0 amide bonds. The molecule has 1 nitrogen and oxygen atoms in total. The van der Waals surface area contributed by atoms with Crippen LogP contribution in [0.2, 0.25) is 0 Å². The van der Waals surface area contributed by atoms with Gasteiger partial charge < -0.3 is 5.32 Å². The third-order valence-corrected chi connectivity index (χ3v) is 2.24. The SMILES string of the molecule is C=CC[C@H](CNC)c1ccc(F)cc1. The van der Waals surface area contributed by atoms with Gasteiger partial charge in [-0.3, -0.25) is 0 Å². The molecule has 14 heavy (non-hydrogen) atoms. The lowest BCUT2D eigenvalue weighted by Crippen LogP contribution is -2.16. The van der Waals surface area contributed by atoms with Gasteiger partial charge in [0.2, 0.25) is 0 Å². The van der Waals surface area contributed by atoms with Crippen molar-refractivity contribution < 1.29 is 4.39 Å². The summed E-state index contributed by atoms with van der Waals surface area (Å²) in [6.07, 6.45) is 2.80. The van der Waals surface area contributed by atoms with Crippen molar-refractivity contribution in [2.45, 2.75) is 12.3 Å². The lowest BCUT2D eigenvalue weighted by atomic mass is 9.96. The molecule has 1 rings (SSSR count). The zero-order chi connectivity index (χ0) is 10.4. The van der Waals surface area contributed by atoms with Crippen LogP contribution in [-0.2, 0) is 0 Å². The molecule has 0 bridgehead atoms. The molecule has 0 aliphatic heterocycles. The molecule has 0 spiro atoms. The highest BCUT2D eigenvalue weighted by Gasteiger charge is 2.08. The van der Waals surface area contributed by atoms with Gasteiger partial charge in [-0.2, -0.15) is 0 Å². The van der Waals surface area contributed by atoms with Crippen molar-refractivity contribution in [2.75, 3.05) is 13.6 Å². The Hall–Kier alpha value is -1.15. The van der Waals surface area contributed by atoms with E-state index in [1.807, 2.05) is 25.3 Å². The summed E-state index contributed by atoms with van der Waals surface area (Å²) in [4.78, 5) is 0. The van der Waals surface area contributed by atoms with Crippen LogP contribution >= 0.6 is 0 Å². The van der Waals surface area contributed by atoms with Crippen LogP contribution in [0.15, 0.2) is 36.9 Å². The topological polar surface area (TPSA) is 12.0 Å². The van der Waals surface area contributed by atoms with Crippen LogP contribution in [-0.4, -0.2) is 13.6 Å². The van der Waals surface area contributed by atoms with E-state index < -0.39 is 0 Å². The van der Waals surface area contributed by atoms with E-state index in [-0.39, 0.29) is 5.82 Å². The highest BCUT2D eigenvalue weighted by Crippen LogP contribution is 2.19. The first-order valence-corrected chi connectivity index (χ1v) is 4.79. The quantitative estimate of drug-likeness (QED) is 0.709. The Morgan fingerprint density at radius 2 is 2.07 bits per heavy atom. The molecule has 2 heteroatoms. The molecule has 1 aromatic carbocycles. The van der Waals surface area contributed by atoms with E-state index in [1.165, 1.54) is 12.1 Å². The fourth-order valence-electron chi connectivity index (χ4n) is 1.52. The molecule has 1 aromatic rings. The van der Waals surface area contributed by atoms with Gasteiger partial charge in [0.1, 0.15) is 5.82 Å². The van der Waals surface area contributed by atoms with E-state index in [4.69, 9.17) is 0 Å². The molecule has 0 saturated carbocycles. The number of allylic oxidation sites excluding steroid dienone is 1. The van der Waals surface area contributed by atoms with Crippen molar-refractivity contribution in [2.24, 2.45) is 0 Å². The fraction of sp³-hybridized carbons (Fsp3) is 0.333. The van der Waals surface area contributed by atoms with Crippen molar-refractivity contribution in [3.8, 4) is 0 Å². The minimum Gasteiger partial charge on any atom is -0.319 e. The summed E-state index contributed by atoms with van der Waals surface area (Å²) in [5.41, 5.74) is 1.15. The summed E-state index contributed by atoms with van der Waals surface area (Å²) in [5.74, 6) is 0.202. The maximum atomic E-state index is 12.7. The average molecular weight is 193 g/mol. The second kappa shape index (κ2) is 5.55. The average Bonchev–Trinajstić information content (AvgIpc) is 2.19. The van der Waals surface area contributed by atoms with Crippen LogP contribution in [0.25, 0.3) is 0 Å². The van der Waals surface area contributed by atoms with Gasteiger partial charge in [-0.25, -0.2) is 4.39 Å². The number of likely N-dealkylation sites (N-methyl/N-ethyl adjacent to an activating group) is 1. The molecule has 76 valence electrons. The first kappa shape index (κ1) is 10.9. The predicted octanol–water partition coefficient (Wildman–Crippen LogP) is 2.70. The van der Waals surface area contributed by atoms with Crippen LogP contribution in [0.3, 0.4) is 0 Å². The van der Waals surface area contributed by atoms with E-state index in [1.54, 1.807) is 0 Å².